The second-order valence-corrected chi connectivity index (χ2v) is 11.1. The summed E-state index contributed by atoms with van der Waals surface area (Å²) in [5, 5.41) is 0. The molecule has 2 rings (SSSR count). The molecule has 2 aliphatic rings. The highest BCUT2D eigenvalue weighted by Crippen LogP contribution is 2.32. The molecular formula is C29H58N2. The molecular weight excluding hydrogens is 376 g/mol. The predicted octanol–water partition coefficient (Wildman–Crippen LogP) is 8.30. The number of nitrogens with zero attached hydrogens (tertiary/aromatic N) is 2. The number of hydrogen-bond donors (Lipinski definition) is 0. The molecule has 0 saturated carbocycles. The van der Waals surface area contributed by atoms with Gasteiger partial charge in [0.15, 0.2) is 0 Å². The summed E-state index contributed by atoms with van der Waals surface area (Å²) in [6.07, 6.45) is 24.4. The summed E-state index contributed by atoms with van der Waals surface area (Å²) >= 11 is 0. The SMILES string of the molecule is CCCCCCC(CC)CCN1[C@@H]2CC[C@H]1CN(CC(CCCC)CCCCCC)C2. The fraction of sp³-hybridized carbons (Fsp3) is 1.00. The molecule has 0 N–H and O–H groups in total. The Hall–Kier alpha value is -0.0800. The largest absolute Gasteiger partial charge is 0.300 e. The minimum atomic E-state index is 0.864. The first-order chi connectivity index (χ1) is 15.2. The summed E-state index contributed by atoms with van der Waals surface area (Å²) in [6.45, 7) is 14.9. The topological polar surface area (TPSA) is 6.48 Å². The molecule has 4 atom stereocenters. The predicted molar refractivity (Wildman–Crippen MR) is 139 cm³/mol. The zero-order valence-electron chi connectivity index (χ0n) is 22.1. The molecule has 2 heteroatoms. The van der Waals surface area contributed by atoms with Crippen LogP contribution in [0.15, 0.2) is 0 Å². The van der Waals surface area contributed by atoms with Gasteiger partial charge in [0, 0.05) is 31.7 Å². The van der Waals surface area contributed by atoms with Crippen molar-refractivity contribution in [3.8, 4) is 0 Å². The zero-order chi connectivity index (χ0) is 22.3. The van der Waals surface area contributed by atoms with Crippen LogP contribution >= 0.6 is 0 Å². The van der Waals surface area contributed by atoms with Gasteiger partial charge in [-0.05, 0) is 50.5 Å². The van der Waals surface area contributed by atoms with Gasteiger partial charge in [-0.25, -0.2) is 0 Å². The van der Waals surface area contributed by atoms with Crippen molar-refractivity contribution in [2.45, 2.75) is 149 Å². The van der Waals surface area contributed by atoms with E-state index in [4.69, 9.17) is 0 Å². The Morgan fingerprint density at radius 2 is 1.16 bits per heavy atom. The van der Waals surface area contributed by atoms with Crippen molar-refractivity contribution in [3.05, 3.63) is 0 Å². The summed E-state index contributed by atoms with van der Waals surface area (Å²) < 4.78 is 0. The molecule has 2 aliphatic heterocycles. The Morgan fingerprint density at radius 1 is 0.613 bits per heavy atom. The molecule has 31 heavy (non-hydrogen) atoms. The van der Waals surface area contributed by atoms with Gasteiger partial charge in [0.05, 0.1) is 0 Å². The minimum Gasteiger partial charge on any atom is -0.300 e. The molecule has 0 spiro atoms. The van der Waals surface area contributed by atoms with Crippen LogP contribution in [0.4, 0.5) is 0 Å². The number of likely N-dealkylation sites (tertiary alicyclic amines) is 1. The lowest BCUT2D eigenvalue weighted by Crippen LogP contribution is -2.54. The van der Waals surface area contributed by atoms with Gasteiger partial charge in [0.25, 0.3) is 0 Å². The van der Waals surface area contributed by atoms with Gasteiger partial charge in [-0.2, -0.15) is 0 Å². The van der Waals surface area contributed by atoms with Crippen LogP contribution in [0, 0.1) is 11.8 Å². The monoisotopic (exact) mass is 434 g/mol. The lowest BCUT2D eigenvalue weighted by molar-refractivity contribution is 0.0507. The first-order valence-electron chi connectivity index (χ1n) is 14.7. The second kappa shape index (κ2) is 16.5. The van der Waals surface area contributed by atoms with Gasteiger partial charge in [0.2, 0.25) is 0 Å². The van der Waals surface area contributed by atoms with E-state index in [0.717, 1.165) is 23.9 Å². The van der Waals surface area contributed by atoms with Gasteiger partial charge < -0.3 is 0 Å². The molecule has 184 valence electrons. The fourth-order valence-electron chi connectivity index (χ4n) is 6.38. The third-order valence-corrected chi connectivity index (χ3v) is 8.50. The van der Waals surface area contributed by atoms with Crippen molar-refractivity contribution in [2.24, 2.45) is 11.8 Å². The molecule has 2 saturated heterocycles. The molecule has 2 bridgehead atoms. The molecule has 2 heterocycles. The van der Waals surface area contributed by atoms with Crippen molar-refractivity contribution in [1.82, 2.24) is 9.80 Å². The number of unbranched alkanes of at least 4 members (excludes halogenated alkanes) is 7. The van der Waals surface area contributed by atoms with Crippen molar-refractivity contribution in [1.29, 1.82) is 0 Å². The van der Waals surface area contributed by atoms with Crippen LogP contribution in [-0.2, 0) is 0 Å². The van der Waals surface area contributed by atoms with E-state index >= 15 is 0 Å². The van der Waals surface area contributed by atoms with E-state index in [9.17, 15) is 0 Å². The first kappa shape index (κ1) is 27.2. The van der Waals surface area contributed by atoms with E-state index in [0.29, 0.717) is 0 Å². The van der Waals surface area contributed by atoms with Crippen LogP contribution in [0.2, 0.25) is 0 Å². The Balaban J connectivity index is 1.74. The summed E-state index contributed by atoms with van der Waals surface area (Å²) in [5.74, 6) is 1.92. The number of fused-ring (bicyclic) bond motifs is 2. The number of hydrogen-bond acceptors (Lipinski definition) is 2. The summed E-state index contributed by atoms with van der Waals surface area (Å²) in [5.41, 5.74) is 0. The number of rotatable bonds is 19. The third kappa shape index (κ3) is 10.2. The first-order valence-corrected chi connectivity index (χ1v) is 14.7. The van der Waals surface area contributed by atoms with Gasteiger partial charge >= 0.3 is 0 Å². The molecule has 2 nitrogen and oxygen atoms in total. The normalized spacial score (nSPS) is 24.0. The van der Waals surface area contributed by atoms with E-state index in [1.165, 1.54) is 135 Å². The Morgan fingerprint density at radius 3 is 1.71 bits per heavy atom. The average molecular weight is 435 g/mol. The van der Waals surface area contributed by atoms with Gasteiger partial charge in [-0.1, -0.05) is 105 Å². The molecule has 0 aliphatic carbocycles. The van der Waals surface area contributed by atoms with Crippen molar-refractivity contribution in [3.63, 3.8) is 0 Å². The molecule has 0 aromatic carbocycles. The highest BCUT2D eigenvalue weighted by Gasteiger charge is 2.39. The maximum Gasteiger partial charge on any atom is 0.0227 e. The molecule has 2 unspecified atom stereocenters. The Bertz CT molecular complexity index is 409. The fourth-order valence-corrected chi connectivity index (χ4v) is 6.38. The van der Waals surface area contributed by atoms with E-state index in [2.05, 4.69) is 37.5 Å². The van der Waals surface area contributed by atoms with Crippen LogP contribution in [0.25, 0.3) is 0 Å². The second-order valence-electron chi connectivity index (χ2n) is 11.1. The smallest absolute Gasteiger partial charge is 0.0227 e. The molecule has 0 radical (unpaired) electrons. The highest BCUT2D eigenvalue weighted by atomic mass is 15.3. The molecule has 0 aromatic heterocycles. The standard InChI is InChI=1S/C29H58N2/c1-5-9-12-14-17-26(8-4)21-22-31-28-19-20-29(31)25-30(24-28)23-27(16-11-7-3)18-15-13-10-6-2/h26-29H,5-25H2,1-4H3/t26?,27?,28-,29+. The molecule has 0 amide bonds. The quantitative estimate of drug-likeness (QED) is 0.189. The van der Waals surface area contributed by atoms with Crippen LogP contribution in [0.5, 0.6) is 0 Å². The van der Waals surface area contributed by atoms with Crippen molar-refractivity contribution < 1.29 is 0 Å². The van der Waals surface area contributed by atoms with Crippen molar-refractivity contribution >= 4 is 0 Å². The number of piperazine rings is 1. The van der Waals surface area contributed by atoms with E-state index in [1.54, 1.807) is 0 Å². The van der Waals surface area contributed by atoms with Gasteiger partial charge in [0.1, 0.15) is 0 Å². The van der Waals surface area contributed by atoms with Crippen molar-refractivity contribution in [2.75, 3.05) is 26.2 Å². The van der Waals surface area contributed by atoms with Gasteiger partial charge in [-0.3, -0.25) is 9.80 Å². The van der Waals surface area contributed by atoms with E-state index in [-0.39, 0.29) is 0 Å². The summed E-state index contributed by atoms with van der Waals surface area (Å²) in [4.78, 5) is 5.84. The highest BCUT2D eigenvalue weighted by molar-refractivity contribution is 4.96. The third-order valence-electron chi connectivity index (χ3n) is 8.50. The Labute approximate surface area is 196 Å². The maximum atomic E-state index is 2.95. The lowest BCUT2D eigenvalue weighted by atomic mass is 9.93. The zero-order valence-corrected chi connectivity index (χ0v) is 22.1. The minimum absolute atomic E-state index is 0.864. The lowest BCUT2D eigenvalue weighted by Gasteiger charge is -2.42. The van der Waals surface area contributed by atoms with E-state index in [1.807, 2.05) is 0 Å². The summed E-state index contributed by atoms with van der Waals surface area (Å²) in [7, 11) is 0. The van der Waals surface area contributed by atoms with Crippen LogP contribution < -0.4 is 0 Å². The van der Waals surface area contributed by atoms with E-state index < -0.39 is 0 Å². The average Bonchev–Trinajstić information content (AvgIpc) is 3.02. The van der Waals surface area contributed by atoms with Crippen LogP contribution in [0.3, 0.4) is 0 Å². The van der Waals surface area contributed by atoms with Crippen LogP contribution in [-0.4, -0.2) is 48.1 Å². The Kier molecular flexibility index (Phi) is 14.5. The summed E-state index contributed by atoms with van der Waals surface area (Å²) in [6, 6.07) is 1.73. The van der Waals surface area contributed by atoms with Crippen LogP contribution in [0.1, 0.15) is 137 Å². The molecule has 0 aromatic rings. The molecule has 2 fully saturated rings. The van der Waals surface area contributed by atoms with Gasteiger partial charge in [-0.15, -0.1) is 0 Å². The maximum absolute atomic E-state index is 2.95.